The molecule has 0 aromatic heterocycles. The predicted octanol–water partition coefficient (Wildman–Crippen LogP) is 1.91. The number of amides is 1. The molecule has 1 N–H and O–H groups in total. The summed E-state index contributed by atoms with van der Waals surface area (Å²) in [6, 6.07) is 5.59. The van der Waals surface area contributed by atoms with E-state index in [9.17, 15) is 13.2 Å². The molecule has 1 aromatic carbocycles. The molecule has 2 rings (SSSR count). The fourth-order valence-corrected chi connectivity index (χ4v) is 5.01. The lowest BCUT2D eigenvalue weighted by atomic mass is 10.2. The number of nitrogens with zero attached hydrogens (tertiary/aromatic N) is 2. The molecule has 6 nitrogen and oxygen atoms in total. The van der Waals surface area contributed by atoms with Gasteiger partial charge in [-0.2, -0.15) is 4.31 Å². The number of rotatable bonds is 7. The Morgan fingerprint density at radius 1 is 1.19 bits per heavy atom. The summed E-state index contributed by atoms with van der Waals surface area (Å²) >= 11 is 0. The van der Waals surface area contributed by atoms with Gasteiger partial charge in [-0.1, -0.05) is 31.0 Å². The molecular weight excluding hydrogens is 350 g/mol. The van der Waals surface area contributed by atoms with E-state index in [-0.39, 0.29) is 11.9 Å². The van der Waals surface area contributed by atoms with Crippen molar-refractivity contribution in [3.8, 4) is 0 Å². The number of aryl methyl sites for hydroxylation is 2. The molecule has 1 amide bonds. The number of hydrogen-bond donors (Lipinski definition) is 1. The van der Waals surface area contributed by atoms with Crippen LogP contribution in [0.4, 0.5) is 0 Å². The summed E-state index contributed by atoms with van der Waals surface area (Å²) in [5.74, 6) is 0.0108. The van der Waals surface area contributed by atoms with Gasteiger partial charge in [0.05, 0.1) is 11.4 Å². The van der Waals surface area contributed by atoms with Crippen molar-refractivity contribution in [1.29, 1.82) is 0 Å². The lowest BCUT2D eigenvalue weighted by Crippen LogP contribution is -2.51. The van der Waals surface area contributed by atoms with E-state index < -0.39 is 10.0 Å². The van der Waals surface area contributed by atoms with Gasteiger partial charge in [0.25, 0.3) is 0 Å². The lowest BCUT2D eigenvalue weighted by molar-refractivity contribution is -0.123. The number of benzene rings is 1. The molecule has 1 aromatic rings. The Hall–Kier alpha value is -1.44. The molecule has 0 aliphatic carbocycles. The van der Waals surface area contributed by atoms with Crippen LogP contribution in [0.2, 0.25) is 0 Å². The van der Waals surface area contributed by atoms with Crippen molar-refractivity contribution < 1.29 is 13.2 Å². The zero-order chi connectivity index (χ0) is 19.3. The van der Waals surface area contributed by atoms with Crippen LogP contribution < -0.4 is 5.32 Å². The minimum absolute atomic E-state index is 0.0108. The first-order valence-corrected chi connectivity index (χ1v) is 10.8. The first-order valence-electron chi connectivity index (χ1n) is 9.33. The highest BCUT2D eigenvalue weighted by Crippen LogP contribution is 2.22. The van der Waals surface area contributed by atoms with Crippen molar-refractivity contribution in [2.75, 3.05) is 32.7 Å². The number of nitrogens with one attached hydrogen (secondary N) is 1. The Morgan fingerprint density at radius 2 is 1.85 bits per heavy atom. The maximum atomic E-state index is 12.9. The van der Waals surface area contributed by atoms with E-state index >= 15 is 0 Å². The second-order valence-corrected chi connectivity index (χ2v) is 9.11. The molecule has 0 saturated carbocycles. The highest BCUT2D eigenvalue weighted by molar-refractivity contribution is 7.89. The van der Waals surface area contributed by atoms with Gasteiger partial charge in [0.1, 0.15) is 0 Å². The number of carbonyl (C=O) groups is 1. The fourth-order valence-electron chi connectivity index (χ4n) is 3.38. The Morgan fingerprint density at radius 3 is 2.42 bits per heavy atom. The quantitative estimate of drug-likeness (QED) is 0.783. The van der Waals surface area contributed by atoms with Crippen LogP contribution in [0.15, 0.2) is 23.1 Å². The topological polar surface area (TPSA) is 69.7 Å². The zero-order valence-electron chi connectivity index (χ0n) is 16.3. The molecule has 0 unspecified atom stereocenters. The van der Waals surface area contributed by atoms with Crippen LogP contribution in [0.5, 0.6) is 0 Å². The third-order valence-corrected chi connectivity index (χ3v) is 6.83. The van der Waals surface area contributed by atoms with E-state index in [2.05, 4.69) is 12.2 Å². The predicted molar refractivity (Wildman–Crippen MR) is 104 cm³/mol. The highest BCUT2D eigenvalue weighted by atomic mass is 32.2. The standard InChI is InChI=1S/C19H31N3O3S/c1-5-6-17(4)20-19(23)14-21-9-11-22(12-10-21)26(24,25)18-8-7-15(2)13-16(18)3/h7-8,13,17H,5-6,9-12,14H2,1-4H3,(H,20,23)/t17-/m0/s1. The minimum atomic E-state index is -3.48. The Balaban J connectivity index is 1.92. The maximum Gasteiger partial charge on any atom is 0.243 e. The van der Waals surface area contributed by atoms with Crippen molar-refractivity contribution >= 4 is 15.9 Å². The molecule has 1 aliphatic heterocycles. The van der Waals surface area contributed by atoms with E-state index in [1.807, 2.05) is 37.8 Å². The van der Waals surface area contributed by atoms with Crippen LogP contribution in [0.1, 0.15) is 37.8 Å². The largest absolute Gasteiger partial charge is 0.353 e. The Bertz CT molecular complexity index is 726. The van der Waals surface area contributed by atoms with Crippen molar-refractivity contribution in [2.24, 2.45) is 0 Å². The van der Waals surface area contributed by atoms with Gasteiger partial charge in [-0.3, -0.25) is 9.69 Å². The van der Waals surface area contributed by atoms with E-state index in [4.69, 9.17) is 0 Å². The van der Waals surface area contributed by atoms with Crippen molar-refractivity contribution in [1.82, 2.24) is 14.5 Å². The molecule has 1 atom stereocenters. The van der Waals surface area contributed by atoms with Crippen molar-refractivity contribution in [2.45, 2.75) is 51.5 Å². The van der Waals surface area contributed by atoms with Gasteiger partial charge in [0.2, 0.25) is 15.9 Å². The monoisotopic (exact) mass is 381 g/mol. The fraction of sp³-hybridized carbons (Fsp3) is 0.632. The van der Waals surface area contributed by atoms with Gasteiger partial charge in [0, 0.05) is 32.2 Å². The van der Waals surface area contributed by atoms with Gasteiger partial charge >= 0.3 is 0 Å². The minimum Gasteiger partial charge on any atom is -0.353 e. The molecule has 1 fully saturated rings. The van der Waals surface area contributed by atoms with Crippen LogP contribution in [0.25, 0.3) is 0 Å². The van der Waals surface area contributed by atoms with E-state index in [0.717, 1.165) is 24.0 Å². The summed E-state index contributed by atoms with van der Waals surface area (Å²) in [5, 5.41) is 3.00. The molecule has 146 valence electrons. The first kappa shape index (κ1) is 20.9. The molecule has 0 spiro atoms. The summed E-state index contributed by atoms with van der Waals surface area (Å²) in [4.78, 5) is 14.5. The van der Waals surface area contributed by atoms with E-state index in [1.165, 1.54) is 4.31 Å². The number of carbonyl (C=O) groups excluding carboxylic acids is 1. The third kappa shape index (κ3) is 5.28. The molecule has 0 radical (unpaired) electrons. The first-order chi connectivity index (χ1) is 12.2. The lowest BCUT2D eigenvalue weighted by Gasteiger charge is -2.34. The second-order valence-electron chi connectivity index (χ2n) is 7.21. The molecule has 1 aliphatic rings. The van der Waals surface area contributed by atoms with Crippen LogP contribution in [-0.4, -0.2) is 62.3 Å². The summed E-state index contributed by atoms with van der Waals surface area (Å²) in [6.07, 6.45) is 2.00. The average molecular weight is 382 g/mol. The number of piperazine rings is 1. The third-order valence-electron chi connectivity index (χ3n) is 4.78. The summed E-state index contributed by atoms with van der Waals surface area (Å²) in [5.41, 5.74) is 1.83. The highest BCUT2D eigenvalue weighted by Gasteiger charge is 2.30. The maximum absolute atomic E-state index is 12.9. The van der Waals surface area contributed by atoms with Crippen LogP contribution in [0.3, 0.4) is 0 Å². The van der Waals surface area contributed by atoms with Crippen molar-refractivity contribution in [3.05, 3.63) is 29.3 Å². The molecule has 0 bridgehead atoms. The molecule has 26 heavy (non-hydrogen) atoms. The van der Waals surface area contributed by atoms with Crippen LogP contribution >= 0.6 is 0 Å². The van der Waals surface area contributed by atoms with Gasteiger partial charge in [-0.15, -0.1) is 0 Å². The summed E-state index contributed by atoms with van der Waals surface area (Å²) < 4.78 is 27.3. The molecular formula is C19H31N3O3S. The Labute approximate surface area is 157 Å². The molecule has 7 heteroatoms. The SMILES string of the molecule is CCC[C@H](C)NC(=O)CN1CCN(S(=O)(=O)c2ccc(C)cc2C)CC1. The van der Waals surface area contributed by atoms with E-state index in [1.54, 1.807) is 6.07 Å². The number of hydrogen-bond acceptors (Lipinski definition) is 4. The van der Waals surface area contributed by atoms with Gasteiger partial charge in [0.15, 0.2) is 0 Å². The van der Waals surface area contributed by atoms with Crippen LogP contribution in [-0.2, 0) is 14.8 Å². The average Bonchev–Trinajstić information content (AvgIpc) is 2.55. The van der Waals surface area contributed by atoms with Gasteiger partial charge in [-0.25, -0.2) is 8.42 Å². The van der Waals surface area contributed by atoms with Gasteiger partial charge < -0.3 is 5.32 Å². The Kier molecular flexibility index (Phi) is 7.20. The molecule has 1 saturated heterocycles. The summed E-state index contributed by atoms with van der Waals surface area (Å²) in [6.45, 7) is 10.2. The normalized spacial score (nSPS) is 17.8. The van der Waals surface area contributed by atoms with Gasteiger partial charge in [-0.05, 0) is 38.8 Å². The van der Waals surface area contributed by atoms with Crippen molar-refractivity contribution in [3.63, 3.8) is 0 Å². The van der Waals surface area contributed by atoms with Crippen LogP contribution in [0, 0.1) is 13.8 Å². The smallest absolute Gasteiger partial charge is 0.243 e. The summed E-state index contributed by atoms with van der Waals surface area (Å²) in [7, 11) is -3.48. The number of sulfonamides is 1. The zero-order valence-corrected chi connectivity index (χ0v) is 17.1. The van der Waals surface area contributed by atoms with E-state index in [0.29, 0.717) is 37.6 Å². The molecule has 1 heterocycles. The second kappa shape index (κ2) is 8.97.